The summed E-state index contributed by atoms with van der Waals surface area (Å²) in [5.74, 6) is 0. The molecule has 0 nitrogen and oxygen atoms in total. The minimum absolute atomic E-state index is 0.261. The van der Waals surface area contributed by atoms with Gasteiger partial charge >= 0.3 is 0 Å². The normalized spacial score (nSPS) is 13.1. The molecule has 0 saturated heterocycles. The van der Waals surface area contributed by atoms with Gasteiger partial charge in [0.15, 0.2) is 0 Å². The summed E-state index contributed by atoms with van der Waals surface area (Å²) >= 11 is 6.66. The summed E-state index contributed by atoms with van der Waals surface area (Å²) in [4.78, 5) is 0. The van der Waals surface area contributed by atoms with Crippen molar-refractivity contribution in [2.24, 2.45) is 0 Å². The molecule has 0 bridgehead atoms. The van der Waals surface area contributed by atoms with E-state index >= 15 is 0 Å². The third-order valence-corrected chi connectivity index (χ3v) is 8.53. The topological polar surface area (TPSA) is 0 Å². The second kappa shape index (κ2) is 9.66. The molecule has 1 aliphatic carbocycles. The third-order valence-electron chi connectivity index (χ3n) is 8.30. The lowest BCUT2D eigenvalue weighted by atomic mass is 9.72. The summed E-state index contributed by atoms with van der Waals surface area (Å²) in [5, 5.41) is 0.772. The van der Waals surface area contributed by atoms with Gasteiger partial charge in [-0.1, -0.05) is 153 Å². The average molecular weight is 533 g/mol. The van der Waals surface area contributed by atoms with E-state index in [1.807, 2.05) is 6.07 Å². The summed E-state index contributed by atoms with van der Waals surface area (Å²) in [5.41, 5.74) is 14.9. The molecule has 0 spiro atoms. The van der Waals surface area contributed by atoms with E-state index < -0.39 is 0 Å². The molecular formula is C39H29Cl. The van der Waals surface area contributed by atoms with E-state index in [1.54, 1.807) is 0 Å². The molecule has 0 atom stereocenters. The molecule has 0 amide bonds. The first-order chi connectivity index (χ1) is 19.6. The van der Waals surface area contributed by atoms with Crippen molar-refractivity contribution in [2.45, 2.75) is 19.3 Å². The van der Waals surface area contributed by atoms with Crippen LogP contribution in [0.5, 0.6) is 0 Å². The number of fused-ring (bicyclic) bond motifs is 3. The van der Waals surface area contributed by atoms with Crippen molar-refractivity contribution >= 4 is 11.6 Å². The molecule has 1 aliphatic rings. The Balaban J connectivity index is 1.79. The van der Waals surface area contributed by atoms with Crippen LogP contribution in [0, 0.1) is 0 Å². The first kappa shape index (κ1) is 24.6. The molecule has 1 heteroatoms. The van der Waals surface area contributed by atoms with Gasteiger partial charge in [-0.3, -0.25) is 0 Å². The zero-order valence-electron chi connectivity index (χ0n) is 22.7. The third kappa shape index (κ3) is 3.83. The summed E-state index contributed by atoms with van der Waals surface area (Å²) in [7, 11) is 0. The SMILES string of the molecule is CC1(C)c2cc(Cl)ccc2-c2c(-c3ccccc3)c(-c3ccccc3)c(-c3ccccc3)c(-c3ccccc3)c21. The van der Waals surface area contributed by atoms with Gasteiger partial charge in [0.25, 0.3) is 0 Å². The summed E-state index contributed by atoms with van der Waals surface area (Å²) < 4.78 is 0. The van der Waals surface area contributed by atoms with Gasteiger partial charge in [0.2, 0.25) is 0 Å². The maximum Gasteiger partial charge on any atom is 0.0409 e. The molecule has 0 aromatic heterocycles. The van der Waals surface area contributed by atoms with Gasteiger partial charge in [-0.2, -0.15) is 0 Å². The fourth-order valence-corrected chi connectivity index (χ4v) is 6.78. The van der Waals surface area contributed by atoms with Crippen LogP contribution in [0.25, 0.3) is 55.6 Å². The summed E-state index contributed by atoms with van der Waals surface area (Å²) in [6, 6.07) is 50.0. The van der Waals surface area contributed by atoms with Gasteiger partial charge in [-0.05, 0) is 78.9 Å². The maximum atomic E-state index is 6.66. The van der Waals surface area contributed by atoms with Crippen LogP contribution >= 0.6 is 11.6 Å². The quantitative estimate of drug-likeness (QED) is 0.212. The molecule has 0 N–H and O–H groups in total. The molecule has 40 heavy (non-hydrogen) atoms. The van der Waals surface area contributed by atoms with Crippen LogP contribution in [-0.4, -0.2) is 0 Å². The van der Waals surface area contributed by atoms with Crippen molar-refractivity contribution in [3.8, 4) is 55.6 Å². The largest absolute Gasteiger partial charge is 0.0843 e. The van der Waals surface area contributed by atoms with Crippen molar-refractivity contribution in [3.05, 3.63) is 156 Å². The molecule has 0 fully saturated rings. The molecule has 0 aliphatic heterocycles. The maximum absolute atomic E-state index is 6.66. The predicted molar refractivity (Wildman–Crippen MR) is 171 cm³/mol. The highest BCUT2D eigenvalue weighted by Crippen LogP contribution is 2.61. The zero-order valence-corrected chi connectivity index (χ0v) is 23.4. The van der Waals surface area contributed by atoms with Gasteiger partial charge in [0.1, 0.15) is 0 Å². The minimum Gasteiger partial charge on any atom is -0.0843 e. The molecular weight excluding hydrogens is 504 g/mol. The van der Waals surface area contributed by atoms with Crippen LogP contribution in [-0.2, 0) is 5.41 Å². The van der Waals surface area contributed by atoms with E-state index in [1.165, 1.54) is 66.8 Å². The molecule has 6 aromatic carbocycles. The molecule has 0 radical (unpaired) electrons. The Hall–Kier alpha value is -4.39. The van der Waals surface area contributed by atoms with Crippen LogP contribution in [0.3, 0.4) is 0 Å². The molecule has 0 unspecified atom stereocenters. The first-order valence-electron chi connectivity index (χ1n) is 13.8. The summed E-state index contributed by atoms with van der Waals surface area (Å²) in [6.07, 6.45) is 0. The lowest BCUT2D eigenvalue weighted by Crippen LogP contribution is -2.17. The van der Waals surface area contributed by atoms with Gasteiger partial charge in [-0.25, -0.2) is 0 Å². The lowest BCUT2D eigenvalue weighted by Gasteiger charge is -2.30. The average Bonchev–Trinajstić information content (AvgIpc) is 3.23. The number of hydrogen-bond acceptors (Lipinski definition) is 0. The standard InChI is InChI=1S/C39H29Cl/c1-39(2)32-25-30(40)23-24-31(32)37-35(28-19-11-5-12-20-28)33(26-15-7-3-8-16-26)34(27-17-9-4-10-18-27)36(38(37)39)29-21-13-6-14-22-29/h3-25H,1-2H3. The Kier molecular flexibility index (Phi) is 5.95. The van der Waals surface area contributed by atoms with Gasteiger partial charge in [0.05, 0.1) is 0 Å². The van der Waals surface area contributed by atoms with Crippen molar-refractivity contribution in [1.29, 1.82) is 0 Å². The lowest BCUT2D eigenvalue weighted by molar-refractivity contribution is 0.662. The van der Waals surface area contributed by atoms with Crippen LogP contribution in [0.1, 0.15) is 25.0 Å². The van der Waals surface area contributed by atoms with Crippen molar-refractivity contribution in [2.75, 3.05) is 0 Å². The Bertz CT molecular complexity index is 1830. The van der Waals surface area contributed by atoms with E-state index in [0.29, 0.717) is 0 Å². The highest BCUT2D eigenvalue weighted by Gasteiger charge is 2.42. The van der Waals surface area contributed by atoms with Crippen LogP contribution in [0.4, 0.5) is 0 Å². The fourth-order valence-electron chi connectivity index (χ4n) is 6.60. The van der Waals surface area contributed by atoms with E-state index in [2.05, 4.69) is 147 Å². The smallest absolute Gasteiger partial charge is 0.0409 e. The minimum atomic E-state index is -0.261. The van der Waals surface area contributed by atoms with Crippen molar-refractivity contribution < 1.29 is 0 Å². The van der Waals surface area contributed by atoms with E-state index in [-0.39, 0.29) is 5.41 Å². The highest BCUT2D eigenvalue weighted by molar-refractivity contribution is 6.31. The van der Waals surface area contributed by atoms with Crippen LogP contribution in [0.15, 0.2) is 140 Å². The molecule has 192 valence electrons. The predicted octanol–water partition coefficient (Wildman–Crippen LogP) is 11.3. The molecule has 0 heterocycles. The second-order valence-electron chi connectivity index (χ2n) is 11.0. The molecule has 7 rings (SSSR count). The first-order valence-corrected chi connectivity index (χ1v) is 14.2. The fraction of sp³-hybridized carbons (Fsp3) is 0.0769. The Morgan fingerprint density at radius 3 is 1.25 bits per heavy atom. The Morgan fingerprint density at radius 2 is 0.800 bits per heavy atom. The van der Waals surface area contributed by atoms with Gasteiger partial charge < -0.3 is 0 Å². The number of benzene rings is 6. The zero-order chi connectivity index (χ0) is 27.3. The van der Waals surface area contributed by atoms with Gasteiger partial charge in [0, 0.05) is 10.4 Å². The van der Waals surface area contributed by atoms with E-state index in [0.717, 1.165) is 5.02 Å². The van der Waals surface area contributed by atoms with Crippen LogP contribution in [0.2, 0.25) is 5.02 Å². The Labute approximate surface area is 241 Å². The number of hydrogen-bond donors (Lipinski definition) is 0. The van der Waals surface area contributed by atoms with Gasteiger partial charge in [-0.15, -0.1) is 0 Å². The van der Waals surface area contributed by atoms with E-state index in [9.17, 15) is 0 Å². The highest BCUT2D eigenvalue weighted by atomic mass is 35.5. The van der Waals surface area contributed by atoms with Crippen molar-refractivity contribution in [3.63, 3.8) is 0 Å². The molecule has 6 aromatic rings. The Morgan fingerprint density at radius 1 is 0.425 bits per heavy atom. The monoisotopic (exact) mass is 532 g/mol. The molecule has 0 saturated carbocycles. The second-order valence-corrected chi connectivity index (χ2v) is 11.5. The van der Waals surface area contributed by atoms with Crippen LogP contribution < -0.4 is 0 Å². The van der Waals surface area contributed by atoms with Crippen molar-refractivity contribution in [1.82, 2.24) is 0 Å². The van der Waals surface area contributed by atoms with E-state index in [4.69, 9.17) is 11.6 Å². The number of rotatable bonds is 4. The number of halogens is 1. The summed E-state index contributed by atoms with van der Waals surface area (Å²) in [6.45, 7) is 4.71.